The molecule has 0 spiro atoms. The van der Waals surface area contributed by atoms with Gasteiger partial charge in [0.2, 0.25) is 0 Å². The van der Waals surface area contributed by atoms with Gasteiger partial charge in [0.05, 0.1) is 16.3 Å². The third-order valence-corrected chi connectivity index (χ3v) is 3.77. The van der Waals surface area contributed by atoms with Crippen molar-refractivity contribution in [2.45, 2.75) is 18.7 Å². The van der Waals surface area contributed by atoms with Crippen LogP contribution < -0.4 is 0 Å². The summed E-state index contributed by atoms with van der Waals surface area (Å²) in [4.78, 5) is -0.164. The fraction of sp³-hybridized carbons (Fsp3) is 0.143. The topological polar surface area (TPSA) is 79.1 Å². The molecular weight excluding hydrogens is 276 g/mol. The quantitative estimate of drug-likeness (QED) is 0.686. The van der Waals surface area contributed by atoms with Gasteiger partial charge < -0.3 is 0 Å². The Bertz CT molecular complexity index is 750. The summed E-state index contributed by atoms with van der Waals surface area (Å²) in [7, 11) is -4.17. The van der Waals surface area contributed by atoms with Crippen molar-refractivity contribution >= 4 is 21.5 Å². The number of nitrogens with zero attached hydrogens (tertiary/aromatic N) is 2. The van der Waals surface area contributed by atoms with Gasteiger partial charge in [-0.1, -0.05) is 6.07 Å². The van der Waals surface area contributed by atoms with Crippen LogP contribution in [-0.4, -0.2) is 13.0 Å². The van der Waals surface area contributed by atoms with Crippen LogP contribution in [0, 0.1) is 13.8 Å². The molecular formula is C14H14N2O3S. The molecule has 0 aliphatic heterocycles. The van der Waals surface area contributed by atoms with Gasteiger partial charge in [-0.3, -0.25) is 4.55 Å². The van der Waals surface area contributed by atoms with Gasteiger partial charge in [0.1, 0.15) is 0 Å². The fourth-order valence-corrected chi connectivity index (χ4v) is 2.07. The highest BCUT2D eigenvalue weighted by atomic mass is 32.2. The van der Waals surface area contributed by atoms with Gasteiger partial charge in [-0.05, 0) is 61.4 Å². The average Bonchev–Trinajstić information content (AvgIpc) is 2.40. The maximum Gasteiger partial charge on any atom is 0.294 e. The maximum absolute atomic E-state index is 10.9. The highest BCUT2D eigenvalue weighted by Gasteiger charge is 2.07. The summed E-state index contributed by atoms with van der Waals surface area (Å²) < 4.78 is 30.7. The van der Waals surface area contributed by atoms with Crippen LogP contribution in [0.25, 0.3) is 0 Å². The highest BCUT2D eigenvalue weighted by molar-refractivity contribution is 7.85. The van der Waals surface area contributed by atoms with E-state index in [1.54, 1.807) is 0 Å². The lowest BCUT2D eigenvalue weighted by atomic mass is 10.1. The summed E-state index contributed by atoms with van der Waals surface area (Å²) in [5, 5.41) is 8.10. The zero-order chi connectivity index (χ0) is 14.8. The van der Waals surface area contributed by atoms with Crippen LogP contribution in [0.15, 0.2) is 57.6 Å². The van der Waals surface area contributed by atoms with Crippen molar-refractivity contribution in [2.75, 3.05) is 0 Å². The second kappa shape index (κ2) is 5.52. The lowest BCUT2D eigenvalue weighted by Crippen LogP contribution is -1.96. The number of aryl methyl sites for hydroxylation is 2. The summed E-state index contributed by atoms with van der Waals surface area (Å²) in [6, 6.07) is 11.3. The minimum absolute atomic E-state index is 0.164. The molecule has 0 radical (unpaired) electrons. The SMILES string of the molecule is Cc1ccc(N=Nc2ccc(S(=O)(=O)O)cc2)cc1C. The van der Waals surface area contributed by atoms with E-state index < -0.39 is 10.1 Å². The lowest BCUT2D eigenvalue weighted by molar-refractivity contribution is 0.483. The summed E-state index contributed by atoms with van der Waals surface area (Å²) in [6.07, 6.45) is 0. The van der Waals surface area contributed by atoms with Crippen molar-refractivity contribution in [1.29, 1.82) is 0 Å². The van der Waals surface area contributed by atoms with Crippen molar-refractivity contribution in [3.8, 4) is 0 Å². The van der Waals surface area contributed by atoms with Crippen molar-refractivity contribution in [3.05, 3.63) is 53.6 Å². The van der Waals surface area contributed by atoms with E-state index in [9.17, 15) is 8.42 Å². The number of hydrogen-bond acceptors (Lipinski definition) is 4. The molecule has 0 aromatic heterocycles. The molecule has 104 valence electrons. The Morgan fingerprint density at radius 1 is 0.850 bits per heavy atom. The number of rotatable bonds is 3. The van der Waals surface area contributed by atoms with E-state index in [1.165, 1.54) is 29.8 Å². The zero-order valence-corrected chi connectivity index (χ0v) is 11.9. The summed E-state index contributed by atoms with van der Waals surface area (Å²) in [5.41, 5.74) is 3.55. The molecule has 0 amide bonds. The predicted molar refractivity (Wildman–Crippen MR) is 76.3 cm³/mol. The van der Waals surface area contributed by atoms with Crippen molar-refractivity contribution in [2.24, 2.45) is 10.2 Å². The van der Waals surface area contributed by atoms with Crippen molar-refractivity contribution in [3.63, 3.8) is 0 Å². The Kier molecular flexibility index (Phi) is 3.96. The third kappa shape index (κ3) is 3.49. The molecule has 6 heteroatoms. The predicted octanol–water partition coefficient (Wildman–Crippen LogP) is 3.97. The van der Waals surface area contributed by atoms with Crippen LogP contribution in [0.5, 0.6) is 0 Å². The zero-order valence-electron chi connectivity index (χ0n) is 11.1. The van der Waals surface area contributed by atoms with Gasteiger partial charge >= 0.3 is 0 Å². The lowest BCUT2D eigenvalue weighted by Gasteiger charge is -2.00. The van der Waals surface area contributed by atoms with E-state index in [-0.39, 0.29) is 4.90 Å². The Balaban J connectivity index is 2.21. The number of hydrogen-bond donors (Lipinski definition) is 1. The molecule has 0 aliphatic carbocycles. The molecule has 5 nitrogen and oxygen atoms in total. The Hall–Kier alpha value is -2.05. The molecule has 2 aromatic carbocycles. The van der Waals surface area contributed by atoms with Gasteiger partial charge in [0, 0.05) is 0 Å². The summed E-state index contributed by atoms with van der Waals surface area (Å²) in [5.74, 6) is 0. The normalized spacial score (nSPS) is 11.9. The standard InChI is InChI=1S/C14H14N2O3S/c1-10-3-4-13(9-11(10)2)16-15-12-5-7-14(8-6-12)20(17,18)19/h3-9H,1-2H3,(H,17,18,19). The first kappa shape index (κ1) is 14.4. The Labute approximate surface area is 117 Å². The molecule has 0 heterocycles. The Morgan fingerprint density at radius 2 is 1.40 bits per heavy atom. The highest BCUT2D eigenvalue weighted by Crippen LogP contribution is 2.22. The minimum atomic E-state index is -4.17. The van der Waals surface area contributed by atoms with Crippen LogP contribution in [0.2, 0.25) is 0 Å². The first-order valence-corrected chi connectivity index (χ1v) is 7.37. The molecule has 0 aliphatic rings. The van der Waals surface area contributed by atoms with E-state index in [2.05, 4.69) is 10.2 Å². The largest absolute Gasteiger partial charge is 0.294 e. The van der Waals surface area contributed by atoms with Gasteiger partial charge in [-0.25, -0.2) is 0 Å². The van der Waals surface area contributed by atoms with Gasteiger partial charge in [-0.2, -0.15) is 18.6 Å². The van der Waals surface area contributed by atoms with E-state index in [0.29, 0.717) is 5.69 Å². The smallest absolute Gasteiger partial charge is 0.282 e. The second-order valence-electron chi connectivity index (χ2n) is 4.44. The fourth-order valence-electron chi connectivity index (χ4n) is 1.59. The summed E-state index contributed by atoms with van der Waals surface area (Å²) in [6.45, 7) is 4.01. The number of benzene rings is 2. The van der Waals surface area contributed by atoms with E-state index in [1.807, 2.05) is 32.0 Å². The molecule has 0 saturated heterocycles. The van der Waals surface area contributed by atoms with Gasteiger partial charge in [0.25, 0.3) is 10.1 Å². The molecule has 2 aromatic rings. The van der Waals surface area contributed by atoms with Gasteiger partial charge in [0.15, 0.2) is 0 Å². The molecule has 0 bridgehead atoms. The first-order valence-electron chi connectivity index (χ1n) is 5.93. The van der Waals surface area contributed by atoms with Crippen LogP contribution in [0.4, 0.5) is 11.4 Å². The van der Waals surface area contributed by atoms with Crippen LogP contribution in [0.3, 0.4) is 0 Å². The third-order valence-electron chi connectivity index (χ3n) is 2.91. The molecule has 0 fully saturated rings. The molecule has 2 rings (SSSR count). The second-order valence-corrected chi connectivity index (χ2v) is 5.86. The van der Waals surface area contributed by atoms with Crippen LogP contribution in [0.1, 0.15) is 11.1 Å². The Morgan fingerprint density at radius 3 is 1.95 bits per heavy atom. The monoisotopic (exact) mass is 290 g/mol. The van der Waals surface area contributed by atoms with Crippen LogP contribution in [-0.2, 0) is 10.1 Å². The summed E-state index contributed by atoms with van der Waals surface area (Å²) >= 11 is 0. The average molecular weight is 290 g/mol. The van der Waals surface area contributed by atoms with Crippen molar-refractivity contribution < 1.29 is 13.0 Å². The number of azo groups is 1. The molecule has 0 unspecified atom stereocenters. The minimum Gasteiger partial charge on any atom is -0.282 e. The van der Waals surface area contributed by atoms with Crippen molar-refractivity contribution in [1.82, 2.24) is 0 Å². The van der Waals surface area contributed by atoms with Gasteiger partial charge in [-0.15, -0.1) is 0 Å². The van der Waals surface area contributed by atoms with E-state index in [4.69, 9.17) is 4.55 Å². The van der Waals surface area contributed by atoms with E-state index >= 15 is 0 Å². The van der Waals surface area contributed by atoms with E-state index in [0.717, 1.165) is 11.3 Å². The first-order chi connectivity index (χ1) is 9.36. The molecule has 0 atom stereocenters. The molecule has 1 N–H and O–H groups in total. The molecule has 0 saturated carbocycles. The maximum atomic E-state index is 10.9. The van der Waals surface area contributed by atoms with Crippen LogP contribution >= 0.6 is 0 Å². The molecule has 20 heavy (non-hydrogen) atoms.